The summed E-state index contributed by atoms with van der Waals surface area (Å²) in [5.41, 5.74) is 0.921. The molecule has 21 heavy (non-hydrogen) atoms. The molecule has 2 atom stereocenters. The number of para-hydroxylation sites is 1. The molecule has 1 saturated heterocycles. The predicted octanol–water partition coefficient (Wildman–Crippen LogP) is 2.84. The molecule has 1 spiro atoms. The summed E-state index contributed by atoms with van der Waals surface area (Å²) in [5, 5.41) is 10.9. The second kappa shape index (κ2) is 5.18. The number of aliphatic hydroxyl groups excluding tert-OH is 1. The van der Waals surface area contributed by atoms with Gasteiger partial charge < -0.3 is 19.3 Å². The van der Waals surface area contributed by atoms with Gasteiger partial charge in [0.05, 0.1) is 11.7 Å². The molecule has 1 N–H and O–H groups in total. The molecule has 0 aromatic heterocycles. The van der Waals surface area contributed by atoms with Crippen molar-refractivity contribution in [3.05, 3.63) is 23.8 Å². The Morgan fingerprint density at radius 3 is 2.81 bits per heavy atom. The Hall–Kier alpha value is -1.26. The minimum Gasteiger partial charge on any atom is -0.486 e. The van der Waals surface area contributed by atoms with Crippen LogP contribution in [-0.4, -0.2) is 30.5 Å². The summed E-state index contributed by atoms with van der Waals surface area (Å²) in [7, 11) is 0. The molecule has 4 heteroatoms. The van der Waals surface area contributed by atoms with Crippen LogP contribution in [0.1, 0.15) is 43.8 Å². The zero-order valence-electron chi connectivity index (χ0n) is 12.2. The molecular formula is C17H22O4. The first-order valence-electron chi connectivity index (χ1n) is 7.98. The van der Waals surface area contributed by atoms with Crippen molar-refractivity contribution in [1.82, 2.24) is 0 Å². The summed E-state index contributed by atoms with van der Waals surface area (Å²) in [6, 6.07) is 5.80. The third-order valence-electron chi connectivity index (χ3n) is 5.16. The largest absolute Gasteiger partial charge is 0.486 e. The van der Waals surface area contributed by atoms with Gasteiger partial charge in [0.25, 0.3) is 0 Å². The molecule has 1 saturated carbocycles. The fraction of sp³-hybridized carbons (Fsp3) is 0.647. The molecule has 1 aromatic rings. The molecule has 2 fully saturated rings. The molecule has 3 aliphatic rings. The van der Waals surface area contributed by atoms with Crippen molar-refractivity contribution < 1.29 is 19.3 Å². The SMILES string of the molecule is OC(c1cccc2c1OCCO2)C1CCOC2(CCC2)C1. The highest BCUT2D eigenvalue weighted by Gasteiger charge is 2.44. The zero-order chi connectivity index (χ0) is 14.3. The van der Waals surface area contributed by atoms with Crippen LogP contribution in [0.25, 0.3) is 0 Å². The lowest BCUT2D eigenvalue weighted by Gasteiger charge is -2.48. The van der Waals surface area contributed by atoms with Crippen LogP contribution in [-0.2, 0) is 4.74 Å². The van der Waals surface area contributed by atoms with Crippen molar-refractivity contribution in [2.24, 2.45) is 5.92 Å². The first-order chi connectivity index (χ1) is 10.3. The Balaban J connectivity index is 1.58. The summed E-state index contributed by atoms with van der Waals surface area (Å²) in [6.45, 7) is 1.88. The van der Waals surface area contributed by atoms with E-state index in [2.05, 4.69) is 0 Å². The smallest absolute Gasteiger partial charge is 0.167 e. The first-order valence-corrected chi connectivity index (χ1v) is 7.98. The van der Waals surface area contributed by atoms with E-state index in [0.717, 1.165) is 49.4 Å². The van der Waals surface area contributed by atoms with E-state index >= 15 is 0 Å². The van der Waals surface area contributed by atoms with Crippen molar-refractivity contribution in [2.75, 3.05) is 19.8 Å². The van der Waals surface area contributed by atoms with Gasteiger partial charge in [-0.15, -0.1) is 0 Å². The van der Waals surface area contributed by atoms with E-state index in [1.54, 1.807) is 0 Å². The van der Waals surface area contributed by atoms with Crippen molar-refractivity contribution in [2.45, 2.75) is 43.8 Å². The molecule has 2 heterocycles. The highest BCUT2D eigenvalue weighted by Crippen LogP contribution is 2.49. The monoisotopic (exact) mass is 290 g/mol. The minimum absolute atomic E-state index is 0.0517. The van der Waals surface area contributed by atoms with Crippen molar-refractivity contribution in [3.8, 4) is 11.5 Å². The van der Waals surface area contributed by atoms with Crippen LogP contribution in [0.4, 0.5) is 0 Å². The van der Waals surface area contributed by atoms with Crippen LogP contribution in [0.15, 0.2) is 18.2 Å². The van der Waals surface area contributed by atoms with Gasteiger partial charge in [0.1, 0.15) is 13.2 Å². The number of hydrogen-bond donors (Lipinski definition) is 1. The molecule has 0 amide bonds. The topological polar surface area (TPSA) is 47.9 Å². The van der Waals surface area contributed by atoms with Gasteiger partial charge in [-0.2, -0.15) is 0 Å². The van der Waals surface area contributed by atoms with Gasteiger partial charge in [0.2, 0.25) is 0 Å². The molecule has 114 valence electrons. The molecule has 2 aliphatic heterocycles. The van der Waals surface area contributed by atoms with Crippen LogP contribution in [0.5, 0.6) is 11.5 Å². The average molecular weight is 290 g/mol. The van der Waals surface area contributed by atoms with Crippen LogP contribution in [0.3, 0.4) is 0 Å². The van der Waals surface area contributed by atoms with E-state index in [1.807, 2.05) is 18.2 Å². The standard InChI is InChI=1S/C17H22O4/c18-15(12-5-8-21-17(11-12)6-2-7-17)13-3-1-4-14-16(13)20-10-9-19-14/h1,3-4,12,15,18H,2,5-11H2. The van der Waals surface area contributed by atoms with E-state index < -0.39 is 6.10 Å². The van der Waals surface area contributed by atoms with E-state index in [0.29, 0.717) is 13.2 Å². The number of rotatable bonds is 2. The zero-order valence-corrected chi connectivity index (χ0v) is 12.2. The lowest BCUT2D eigenvalue weighted by molar-refractivity contribution is -0.157. The van der Waals surface area contributed by atoms with Crippen molar-refractivity contribution in [1.29, 1.82) is 0 Å². The normalized spacial score (nSPS) is 28.0. The average Bonchev–Trinajstić information content (AvgIpc) is 2.52. The lowest BCUT2D eigenvalue weighted by atomic mass is 9.70. The van der Waals surface area contributed by atoms with Crippen LogP contribution in [0.2, 0.25) is 0 Å². The van der Waals surface area contributed by atoms with Gasteiger partial charge in [0, 0.05) is 12.2 Å². The summed E-state index contributed by atoms with van der Waals surface area (Å²) in [4.78, 5) is 0. The fourth-order valence-corrected chi connectivity index (χ4v) is 3.84. The van der Waals surface area contributed by atoms with Gasteiger partial charge in [-0.25, -0.2) is 0 Å². The number of benzene rings is 1. The molecule has 1 aromatic carbocycles. The fourth-order valence-electron chi connectivity index (χ4n) is 3.84. The maximum Gasteiger partial charge on any atom is 0.167 e. The summed E-state index contributed by atoms with van der Waals surface area (Å²) < 4.78 is 17.3. The van der Waals surface area contributed by atoms with E-state index in [9.17, 15) is 5.11 Å². The number of aliphatic hydroxyl groups is 1. The van der Waals surface area contributed by atoms with Gasteiger partial charge in [-0.1, -0.05) is 12.1 Å². The highest BCUT2D eigenvalue weighted by molar-refractivity contribution is 5.48. The molecule has 1 aliphatic carbocycles. The van der Waals surface area contributed by atoms with Crippen molar-refractivity contribution >= 4 is 0 Å². The Morgan fingerprint density at radius 2 is 2.00 bits per heavy atom. The molecule has 0 radical (unpaired) electrons. The summed E-state index contributed by atoms with van der Waals surface area (Å²) in [6.07, 6.45) is 4.90. The lowest BCUT2D eigenvalue weighted by Crippen LogP contribution is -2.46. The Bertz CT molecular complexity index is 524. The van der Waals surface area contributed by atoms with Gasteiger partial charge in [-0.3, -0.25) is 0 Å². The Labute approximate surface area is 125 Å². The Morgan fingerprint density at radius 1 is 1.14 bits per heavy atom. The number of fused-ring (bicyclic) bond motifs is 1. The molecule has 4 nitrogen and oxygen atoms in total. The van der Waals surface area contributed by atoms with Crippen LogP contribution >= 0.6 is 0 Å². The number of ether oxygens (including phenoxy) is 3. The van der Waals surface area contributed by atoms with Gasteiger partial charge in [0.15, 0.2) is 11.5 Å². The highest BCUT2D eigenvalue weighted by atomic mass is 16.6. The first kappa shape index (κ1) is 13.4. The minimum atomic E-state index is -0.497. The quantitative estimate of drug-likeness (QED) is 0.910. The van der Waals surface area contributed by atoms with Crippen molar-refractivity contribution in [3.63, 3.8) is 0 Å². The maximum atomic E-state index is 10.9. The second-order valence-electron chi connectivity index (χ2n) is 6.45. The number of hydrogen-bond acceptors (Lipinski definition) is 4. The molecule has 2 unspecified atom stereocenters. The predicted molar refractivity (Wildman–Crippen MR) is 77.6 cm³/mol. The molecule has 0 bridgehead atoms. The summed E-state index contributed by atoms with van der Waals surface area (Å²) in [5.74, 6) is 1.73. The molecular weight excluding hydrogens is 268 g/mol. The van der Waals surface area contributed by atoms with Gasteiger partial charge >= 0.3 is 0 Å². The third kappa shape index (κ3) is 2.30. The van der Waals surface area contributed by atoms with Crippen LogP contribution < -0.4 is 9.47 Å². The maximum absolute atomic E-state index is 10.9. The third-order valence-corrected chi connectivity index (χ3v) is 5.16. The van der Waals surface area contributed by atoms with E-state index in [1.165, 1.54) is 6.42 Å². The van der Waals surface area contributed by atoms with E-state index in [4.69, 9.17) is 14.2 Å². The Kier molecular flexibility index (Phi) is 3.31. The van der Waals surface area contributed by atoms with Gasteiger partial charge in [-0.05, 0) is 44.1 Å². The summed E-state index contributed by atoms with van der Waals surface area (Å²) >= 11 is 0. The molecule has 4 rings (SSSR count). The van der Waals surface area contributed by atoms with E-state index in [-0.39, 0.29) is 11.5 Å². The van der Waals surface area contributed by atoms with Crippen LogP contribution in [0, 0.1) is 5.92 Å². The second-order valence-corrected chi connectivity index (χ2v) is 6.45.